The first-order valence-electron chi connectivity index (χ1n) is 10.0. The van der Waals surface area contributed by atoms with Crippen LogP contribution in [-0.4, -0.2) is 49.2 Å². The maximum absolute atomic E-state index is 13.6. The van der Waals surface area contributed by atoms with Crippen molar-refractivity contribution < 1.29 is 24.2 Å². The fourth-order valence-electron chi connectivity index (χ4n) is 5.00. The second-order valence-corrected chi connectivity index (χ2v) is 7.83. The zero-order valence-electron chi connectivity index (χ0n) is 17.0. The number of methoxy groups -OCH3 is 2. The summed E-state index contributed by atoms with van der Waals surface area (Å²) >= 11 is 0. The van der Waals surface area contributed by atoms with E-state index in [0.717, 1.165) is 18.4 Å². The molecule has 2 fully saturated rings. The Morgan fingerprint density at radius 1 is 1.38 bits per heavy atom. The number of amides is 1. The number of benzene rings is 1. The Morgan fingerprint density at radius 2 is 2.14 bits per heavy atom. The summed E-state index contributed by atoms with van der Waals surface area (Å²) in [5.41, 5.74) is 6.61. The van der Waals surface area contributed by atoms with E-state index in [1.165, 1.54) is 14.2 Å². The highest BCUT2D eigenvalue weighted by Crippen LogP contribution is 2.52. The number of piperidine rings is 1. The van der Waals surface area contributed by atoms with Crippen molar-refractivity contribution in [3.63, 3.8) is 0 Å². The number of nitrogens with zero attached hydrogens (tertiary/aromatic N) is 1. The number of hydrogen-bond donors (Lipinski definition) is 2. The first kappa shape index (κ1) is 21.2. The maximum Gasteiger partial charge on any atom is 0.310 e. The highest BCUT2D eigenvalue weighted by Gasteiger charge is 2.55. The molecule has 3 rings (SSSR count). The highest BCUT2D eigenvalue weighted by atomic mass is 16.5. The smallest absolute Gasteiger partial charge is 0.310 e. The van der Waals surface area contributed by atoms with Crippen molar-refractivity contribution in [2.24, 2.45) is 29.4 Å². The molecule has 1 amide bonds. The minimum absolute atomic E-state index is 0.0357. The van der Waals surface area contributed by atoms with Crippen molar-refractivity contribution in [2.45, 2.75) is 25.3 Å². The summed E-state index contributed by atoms with van der Waals surface area (Å²) in [7, 11) is 2.86. The lowest BCUT2D eigenvalue weighted by Crippen LogP contribution is -2.49. The van der Waals surface area contributed by atoms with Crippen LogP contribution in [0.4, 0.5) is 0 Å². The first-order chi connectivity index (χ1) is 14.0. The Hall–Kier alpha value is -2.54. The zero-order chi connectivity index (χ0) is 21.1. The predicted molar refractivity (Wildman–Crippen MR) is 108 cm³/mol. The largest absolute Gasteiger partial charge is 0.504 e. The number of phenols is 1. The standard InChI is InChI=1S/C22H30N2O5/c1-4-13-10-15-11-16(14-6-7-17(25)18(12-14)28-2)24(9-5-8-23)21(26)19(15)20(13)22(27)29-3/h4,6-7,12-13,15-16,19-20,25H,1,5,8-11,23H2,2-3H3/t13-,15-,16+,19+,20-/m1/s1. The third-order valence-electron chi connectivity index (χ3n) is 6.37. The summed E-state index contributed by atoms with van der Waals surface area (Å²) in [5.74, 6) is -0.865. The summed E-state index contributed by atoms with van der Waals surface area (Å²) in [5, 5.41) is 9.95. The van der Waals surface area contributed by atoms with Gasteiger partial charge in [-0.1, -0.05) is 12.1 Å². The topological polar surface area (TPSA) is 102 Å². The van der Waals surface area contributed by atoms with Crippen LogP contribution >= 0.6 is 0 Å². The van der Waals surface area contributed by atoms with E-state index in [-0.39, 0.29) is 35.5 Å². The average molecular weight is 402 g/mol. The van der Waals surface area contributed by atoms with E-state index in [4.69, 9.17) is 15.2 Å². The molecule has 2 aliphatic rings. The average Bonchev–Trinajstić information content (AvgIpc) is 3.11. The van der Waals surface area contributed by atoms with Crippen LogP contribution in [0.15, 0.2) is 30.9 Å². The molecule has 0 aromatic heterocycles. The number of fused-ring (bicyclic) bond motifs is 1. The van der Waals surface area contributed by atoms with Crippen molar-refractivity contribution in [1.29, 1.82) is 0 Å². The molecule has 0 bridgehead atoms. The molecular weight excluding hydrogens is 372 g/mol. The third kappa shape index (κ3) is 3.83. The molecule has 1 heterocycles. The Balaban J connectivity index is 1.98. The van der Waals surface area contributed by atoms with Gasteiger partial charge in [0.2, 0.25) is 5.91 Å². The molecule has 1 saturated heterocycles. The predicted octanol–water partition coefficient (Wildman–Crippen LogP) is 2.25. The lowest BCUT2D eigenvalue weighted by Gasteiger charge is -2.42. The molecule has 1 aromatic rings. The number of aromatic hydroxyl groups is 1. The maximum atomic E-state index is 13.6. The van der Waals surface area contributed by atoms with Crippen molar-refractivity contribution in [1.82, 2.24) is 4.90 Å². The monoisotopic (exact) mass is 402 g/mol. The number of carbonyl (C=O) groups excluding carboxylic acids is 2. The Labute approximate surface area is 171 Å². The van der Waals surface area contributed by atoms with Crippen LogP contribution < -0.4 is 10.5 Å². The van der Waals surface area contributed by atoms with E-state index < -0.39 is 11.8 Å². The molecule has 1 aliphatic carbocycles. The van der Waals surface area contributed by atoms with Crippen LogP contribution in [0.1, 0.15) is 30.9 Å². The van der Waals surface area contributed by atoms with Gasteiger partial charge in [0, 0.05) is 6.54 Å². The van der Waals surface area contributed by atoms with E-state index in [9.17, 15) is 14.7 Å². The summed E-state index contributed by atoms with van der Waals surface area (Å²) in [6, 6.07) is 5.03. The number of carbonyl (C=O) groups is 2. The Bertz CT molecular complexity index is 780. The van der Waals surface area contributed by atoms with Crippen molar-refractivity contribution >= 4 is 11.9 Å². The minimum Gasteiger partial charge on any atom is -0.504 e. The van der Waals surface area contributed by atoms with Gasteiger partial charge in [-0.25, -0.2) is 0 Å². The third-order valence-corrected chi connectivity index (χ3v) is 6.37. The summed E-state index contributed by atoms with van der Waals surface area (Å²) in [6.07, 6.45) is 3.90. The molecule has 0 spiro atoms. The summed E-state index contributed by atoms with van der Waals surface area (Å²) < 4.78 is 10.3. The van der Waals surface area contributed by atoms with Gasteiger partial charge in [-0.2, -0.15) is 0 Å². The zero-order valence-corrected chi connectivity index (χ0v) is 17.0. The number of ether oxygens (including phenoxy) is 2. The fourth-order valence-corrected chi connectivity index (χ4v) is 5.00. The number of rotatable bonds is 7. The number of esters is 1. The van der Waals surface area contributed by atoms with Gasteiger partial charge in [0.15, 0.2) is 11.5 Å². The molecule has 1 aromatic carbocycles. The van der Waals surface area contributed by atoms with Gasteiger partial charge in [0.05, 0.1) is 32.1 Å². The second-order valence-electron chi connectivity index (χ2n) is 7.83. The lowest BCUT2D eigenvalue weighted by atomic mass is 9.78. The van der Waals surface area contributed by atoms with Crippen molar-refractivity contribution in [3.05, 3.63) is 36.4 Å². The highest BCUT2D eigenvalue weighted by molar-refractivity contribution is 5.87. The number of allylic oxidation sites excluding steroid dienone is 1. The van der Waals surface area contributed by atoms with Gasteiger partial charge in [-0.15, -0.1) is 6.58 Å². The number of hydrogen-bond acceptors (Lipinski definition) is 6. The van der Waals surface area contributed by atoms with Crippen LogP contribution in [0.25, 0.3) is 0 Å². The summed E-state index contributed by atoms with van der Waals surface area (Å²) in [6.45, 7) is 4.86. The first-order valence-corrected chi connectivity index (χ1v) is 10.0. The molecular formula is C22H30N2O5. The number of phenolic OH excluding ortho intramolecular Hbond substituents is 1. The second kappa shape index (κ2) is 8.86. The normalized spacial score (nSPS) is 28.7. The molecule has 0 unspecified atom stereocenters. The molecule has 3 N–H and O–H groups in total. The minimum atomic E-state index is -0.495. The van der Waals surface area contributed by atoms with Crippen LogP contribution in [0.2, 0.25) is 0 Å². The lowest BCUT2D eigenvalue weighted by molar-refractivity contribution is -0.157. The van der Waals surface area contributed by atoms with Gasteiger partial charge in [0.25, 0.3) is 0 Å². The molecule has 158 valence electrons. The molecule has 7 heteroatoms. The number of nitrogens with two attached hydrogens (primary N) is 1. The van der Waals surface area contributed by atoms with E-state index in [0.29, 0.717) is 25.3 Å². The van der Waals surface area contributed by atoms with Crippen LogP contribution in [0, 0.1) is 23.7 Å². The fraction of sp³-hybridized carbons (Fsp3) is 0.545. The molecule has 5 atom stereocenters. The molecule has 7 nitrogen and oxygen atoms in total. The van der Waals surface area contributed by atoms with E-state index in [1.807, 2.05) is 11.0 Å². The molecule has 1 aliphatic heterocycles. The van der Waals surface area contributed by atoms with Crippen LogP contribution in [0.5, 0.6) is 11.5 Å². The Kier molecular flexibility index (Phi) is 6.47. The molecule has 29 heavy (non-hydrogen) atoms. The van der Waals surface area contributed by atoms with Gasteiger partial charge in [0.1, 0.15) is 0 Å². The van der Waals surface area contributed by atoms with E-state index >= 15 is 0 Å². The molecule has 0 radical (unpaired) electrons. The molecule has 1 saturated carbocycles. The Morgan fingerprint density at radius 3 is 2.76 bits per heavy atom. The van der Waals surface area contributed by atoms with Gasteiger partial charge in [-0.05, 0) is 55.3 Å². The van der Waals surface area contributed by atoms with Crippen LogP contribution in [-0.2, 0) is 14.3 Å². The van der Waals surface area contributed by atoms with Gasteiger partial charge in [-0.3, -0.25) is 9.59 Å². The quantitative estimate of drug-likeness (QED) is 0.536. The van der Waals surface area contributed by atoms with E-state index in [1.54, 1.807) is 18.2 Å². The number of likely N-dealkylation sites (tertiary alicyclic amines) is 1. The van der Waals surface area contributed by atoms with Gasteiger partial charge >= 0.3 is 5.97 Å². The van der Waals surface area contributed by atoms with Crippen molar-refractivity contribution in [3.8, 4) is 11.5 Å². The van der Waals surface area contributed by atoms with E-state index in [2.05, 4.69) is 6.58 Å². The SMILES string of the molecule is C=C[C@@H]1C[C@@H]2C[C@@H](c3ccc(O)c(OC)c3)N(CCCN)C(=O)[C@@H]2[C@@H]1C(=O)OC. The summed E-state index contributed by atoms with van der Waals surface area (Å²) in [4.78, 5) is 27.9. The van der Waals surface area contributed by atoms with Crippen molar-refractivity contribution in [2.75, 3.05) is 27.3 Å². The van der Waals surface area contributed by atoms with Gasteiger partial charge < -0.3 is 25.2 Å². The van der Waals surface area contributed by atoms with Crippen LogP contribution in [0.3, 0.4) is 0 Å².